The summed E-state index contributed by atoms with van der Waals surface area (Å²) < 4.78 is 10.6. The van der Waals surface area contributed by atoms with Crippen LogP contribution in [0.4, 0.5) is 0 Å². The van der Waals surface area contributed by atoms with Crippen molar-refractivity contribution >= 4 is 12.6 Å². The van der Waals surface area contributed by atoms with E-state index in [9.17, 15) is 9.59 Å². The summed E-state index contributed by atoms with van der Waals surface area (Å²) in [6.07, 6.45) is 1.25. The number of hydrogen-bond donors (Lipinski definition) is 2. The van der Waals surface area contributed by atoms with Gasteiger partial charge in [-0.3, -0.25) is 9.59 Å². The van der Waals surface area contributed by atoms with Gasteiger partial charge in [-0.25, -0.2) is 0 Å². The second-order valence-electron chi connectivity index (χ2n) is 4.32. The molecule has 6 nitrogen and oxygen atoms in total. The molecule has 114 valence electrons. The SMILES string of the molecule is O=Cc1cccc(O)c1O.O=Cc1cccc2c1OCCO2. The lowest BCUT2D eigenvalue weighted by Crippen LogP contribution is -2.16. The van der Waals surface area contributed by atoms with Crippen molar-refractivity contribution in [3.05, 3.63) is 47.5 Å². The third-order valence-electron chi connectivity index (χ3n) is 2.90. The van der Waals surface area contributed by atoms with Crippen LogP contribution < -0.4 is 9.47 Å². The number of rotatable bonds is 2. The summed E-state index contributed by atoms with van der Waals surface area (Å²) in [5.41, 5.74) is 0.646. The molecule has 2 aromatic carbocycles. The van der Waals surface area contributed by atoms with E-state index in [0.717, 1.165) is 6.29 Å². The fourth-order valence-corrected chi connectivity index (χ4v) is 1.83. The Morgan fingerprint density at radius 2 is 1.50 bits per heavy atom. The Balaban J connectivity index is 0.000000164. The number of fused-ring (bicyclic) bond motifs is 1. The minimum Gasteiger partial charge on any atom is -0.504 e. The predicted octanol–water partition coefficient (Wildman–Crippen LogP) is 2.18. The molecule has 3 rings (SSSR count). The molecule has 0 amide bonds. The number of carbonyl (C=O) groups excluding carboxylic acids is 2. The second kappa shape index (κ2) is 7.12. The van der Waals surface area contributed by atoms with Gasteiger partial charge < -0.3 is 19.7 Å². The summed E-state index contributed by atoms with van der Waals surface area (Å²) in [5.74, 6) is 0.590. The molecule has 1 heterocycles. The fraction of sp³-hybridized carbons (Fsp3) is 0.125. The van der Waals surface area contributed by atoms with Gasteiger partial charge >= 0.3 is 0 Å². The van der Waals surface area contributed by atoms with E-state index in [1.807, 2.05) is 0 Å². The highest BCUT2D eigenvalue weighted by molar-refractivity contribution is 5.81. The summed E-state index contributed by atoms with van der Waals surface area (Å²) in [5, 5.41) is 17.7. The zero-order chi connectivity index (χ0) is 15.9. The maximum absolute atomic E-state index is 10.5. The summed E-state index contributed by atoms with van der Waals surface area (Å²) in [6, 6.07) is 9.49. The number of carbonyl (C=O) groups is 2. The van der Waals surface area contributed by atoms with E-state index in [-0.39, 0.29) is 17.1 Å². The molecule has 0 bridgehead atoms. The molecular weight excluding hydrogens is 288 g/mol. The van der Waals surface area contributed by atoms with Crippen molar-refractivity contribution in [3.63, 3.8) is 0 Å². The molecule has 0 unspecified atom stereocenters. The molecule has 0 aromatic heterocycles. The Labute approximate surface area is 126 Å². The molecule has 1 aliphatic rings. The maximum atomic E-state index is 10.5. The van der Waals surface area contributed by atoms with Gasteiger partial charge in [0.05, 0.1) is 11.1 Å². The molecule has 1 aliphatic heterocycles. The average molecular weight is 302 g/mol. The van der Waals surface area contributed by atoms with Crippen molar-refractivity contribution < 1.29 is 29.3 Å². The largest absolute Gasteiger partial charge is 0.504 e. The number of phenolic OH excluding ortho intramolecular Hbond substituents is 2. The summed E-state index contributed by atoms with van der Waals surface area (Å²) in [4.78, 5) is 20.7. The molecule has 0 radical (unpaired) electrons. The smallest absolute Gasteiger partial charge is 0.171 e. The Hall–Kier alpha value is -3.02. The van der Waals surface area contributed by atoms with Crippen LogP contribution in [0, 0.1) is 0 Å². The Morgan fingerprint density at radius 1 is 0.864 bits per heavy atom. The lowest BCUT2D eigenvalue weighted by molar-refractivity contribution is 0.110. The van der Waals surface area contributed by atoms with Crippen LogP contribution in [0.15, 0.2) is 36.4 Å². The minimum atomic E-state index is -0.363. The first-order valence-electron chi connectivity index (χ1n) is 6.47. The zero-order valence-corrected chi connectivity index (χ0v) is 11.6. The van der Waals surface area contributed by atoms with E-state index in [1.165, 1.54) is 18.2 Å². The number of aldehydes is 2. The Bertz CT molecular complexity index is 680. The first-order valence-corrected chi connectivity index (χ1v) is 6.47. The molecule has 0 aliphatic carbocycles. The number of ether oxygens (including phenoxy) is 2. The van der Waals surface area contributed by atoms with E-state index in [4.69, 9.17) is 19.7 Å². The molecule has 2 N–H and O–H groups in total. The number of aromatic hydroxyl groups is 2. The molecular formula is C16H14O6. The molecule has 22 heavy (non-hydrogen) atoms. The van der Waals surface area contributed by atoms with Gasteiger partial charge in [0.2, 0.25) is 0 Å². The van der Waals surface area contributed by atoms with E-state index in [0.29, 0.717) is 36.6 Å². The normalized spacial score (nSPS) is 11.8. The van der Waals surface area contributed by atoms with E-state index >= 15 is 0 Å². The zero-order valence-electron chi connectivity index (χ0n) is 11.6. The van der Waals surface area contributed by atoms with Crippen molar-refractivity contribution in [1.82, 2.24) is 0 Å². The molecule has 0 fully saturated rings. The fourth-order valence-electron chi connectivity index (χ4n) is 1.83. The molecule has 0 spiro atoms. The van der Waals surface area contributed by atoms with Crippen molar-refractivity contribution in [2.75, 3.05) is 13.2 Å². The van der Waals surface area contributed by atoms with Crippen LogP contribution in [0.1, 0.15) is 20.7 Å². The summed E-state index contributed by atoms with van der Waals surface area (Å²) >= 11 is 0. The first kappa shape index (κ1) is 15.4. The maximum Gasteiger partial charge on any atom is 0.171 e. The lowest BCUT2D eigenvalue weighted by atomic mass is 10.2. The highest BCUT2D eigenvalue weighted by Crippen LogP contribution is 2.32. The van der Waals surface area contributed by atoms with Crippen LogP contribution in [0.2, 0.25) is 0 Å². The van der Waals surface area contributed by atoms with Crippen LogP contribution in [-0.4, -0.2) is 36.0 Å². The van der Waals surface area contributed by atoms with Gasteiger partial charge in [0.1, 0.15) is 13.2 Å². The van der Waals surface area contributed by atoms with Crippen molar-refractivity contribution in [2.45, 2.75) is 0 Å². The standard InChI is InChI=1S/C9H8O3.C7H6O3/c10-6-7-2-1-3-8-9(7)12-5-4-11-8;8-4-5-2-1-3-6(9)7(5)10/h1-3,6H,4-5H2;1-4,9-10H. The number of phenols is 2. The highest BCUT2D eigenvalue weighted by atomic mass is 16.6. The summed E-state index contributed by atoms with van der Waals surface area (Å²) in [6.45, 7) is 1.06. The van der Waals surface area contributed by atoms with Gasteiger partial charge in [-0.2, -0.15) is 0 Å². The van der Waals surface area contributed by atoms with Gasteiger partial charge in [-0.1, -0.05) is 12.1 Å². The molecule has 2 aromatic rings. The van der Waals surface area contributed by atoms with Gasteiger partial charge in [-0.05, 0) is 24.3 Å². The average Bonchev–Trinajstić information content (AvgIpc) is 2.57. The number of benzene rings is 2. The third-order valence-corrected chi connectivity index (χ3v) is 2.90. The Morgan fingerprint density at radius 3 is 2.18 bits per heavy atom. The predicted molar refractivity (Wildman–Crippen MR) is 78.0 cm³/mol. The van der Waals surface area contributed by atoms with Crippen LogP contribution >= 0.6 is 0 Å². The number of para-hydroxylation sites is 2. The minimum absolute atomic E-state index is 0.0972. The monoisotopic (exact) mass is 302 g/mol. The summed E-state index contributed by atoms with van der Waals surface area (Å²) in [7, 11) is 0. The highest BCUT2D eigenvalue weighted by Gasteiger charge is 2.14. The van der Waals surface area contributed by atoms with Crippen LogP contribution in [0.3, 0.4) is 0 Å². The van der Waals surface area contributed by atoms with E-state index in [2.05, 4.69) is 0 Å². The Kier molecular flexibility index (Phi) is 4.98. The molecule has 6 heteroatoms. The van der Waals surface area contributed by atoms with Crippen molar-refractivity contribution in [1.29, 1.82) is 0 Å². The second-order valence-corrected chi connectivity index (χ2v) is 4.32. The lowest BCUT2D eigenvalue weighted by Gasteiger charge is -2.18. The molecule has 0 saturated carbocycles. The number of hydrogen-bond acceptors (Lipinski definition) is 6. The van der Waals surface area contributed by atoms with Crippen molar-refractivity contribution in [2.24, 2.45) is 0 Å². The molecule has 0 atom stereocenters. The van der Waals surface area contributed by atoms with Crippen LogP contribution in [0.25, 0.3) is 0 Å². The third kappa shape index (κ3) is 3.35. The quantitative estimate of drug-likeness (QED) is 0.652. The molecule has 0 saturated heterocycles. The van der Waals surface area contributed by atoms with Gasteiger partial charge in [0.15, 0.2) is 35.6 Å². The van der Waals surface area contributed by atoms with Gasteiger partial charge in [0, 0.05) is 0 Å². The first-order chi connectivity index (χ1) is 10.7. The van der Waals surface area contributed by atoms with Crippen molar-refractivity contribution in [3.8, 4) is 23.0 Å². The topological polar surface area (TPSA) is 93.1 Å². The van der Waals surface area contributed by atoms with Gasteiger partial charge in [0.25, 0.3) is 0 Å². The van der Waals surface area contributed by atoms with Crippen LogP contribution in [0.5, 0.6) is 23.0 Å². The van der Waals surface area contributed by atoms with Crippen LogP contribution in [-0.2, 0) is 0 Å². The van der Waals surface area contributed by atoms with Gasteiger partial charge in [-0.15, -0.1) is 0 Å². The van der Waals surface area contributed by atoms with E-state index in [1.54, 1.807) is 18.2 Å². The van der Waals surface area contributed by atoms with E-state index < -0.39 is 0 Å².